The summed E-state index contributed by atoms with van der Waals surface area (Å²) in [5.41, 5.74) is 0. The molecule has 0 bridgehead atoms. The minimum Gasteiger partial charge on any atom is -0.384 e. The zero-order valence-corrected chi connectivity index (χ0v) is 11.3. The summed E-state index contributed by atoms with van der Waals surface area (Å²) >= 11 is 0. The Morgan fingerprint density at radius 2 is 2.00 bits per heavy atom. The van der Waals surface area contributed by atoms with Gasteiger partial charge in [-0.15, -0.1) is 0 Å². The van der Waals surface area contributed by atoms with Crippen LogP contribution >= 0.6 is 0 Å². The van der Waals surface area contributed by atoms with E-state index < -0.39 is 0 Å². The largest absolute Gasteiger partial charge is 0.384 e. The molecule has 0 radical (unpaired) electrons. The molecule has 1 fully saturated rings. The molecule has 1 aliphatic carbocycles. The summed E-state index contributed by atoms with van der Waals surface area (Å²) in [6.45, 7) is 7.86. The minimum atomic E-state index is 0.785. The van der Waals surface area contributed by atoms with Gasteiger partial charge >= 0.3 is 0 Å². The van der Waals surface area contributed by atoms with Crippen molar-refractivity contribution in [3.05, 3.63) is 0 Å². The first-order valence-corrected chi connectivity index (χ1v) is 7.01. The summed E-state index contributed by atoms with van der Waals surface area (Å²) in [7, 11) is 1.84. The van der Waals surface area contributed by atoms with Crippen molar-refractivity contribution < 1.29 is 4.74 Å². The van der Waals surface area contributed by atoms with Gasteiger partial charge in [-0.3, -0.25) is 0 Å². The SMILES string of the molecule is CCCNCC1CCC(CC)CC1COC. The molecular weight excluding hydrogens is 198 g/mol. The maximum atomic E-state index is 5.38. The van der Waals surface area contributed by atoms with E-state index in [4.69, 9.17) is 4.74 Å². The first kappa shape index (κ1) is 14.0. The van der Waals surface area contributed by atoms with Crippen molar-refractivity contribution >= 4 is 0 Å². The number of nitrogens with one attached hydrogen (secondary N) is 1. The molecule has 0 saturated heterocycles. The predicted octanol–water partition coefficient (Wildman–Crippen LogP) is 3.07. The third-order valence-corrected chi connectivity index (χ3v) is 4.04. The van der Waals surface area contributed by atoms with Gasteiger partial charge in [0.2, 0.25) is 0 Å². The Morgan fingerprint density at radius 3 is 2.62 bits per heavy atom. The first-order chi connectivity index (χ1) is 7.81. The molecular formula is C14H29NO. The van der Waals surface area contributed by atoms with E-state index in [0.717, 1.165) is 30.9 Å². The number of ether oxygens (including phenoxy) is 1. The molecule has 0 aliphatic heterocycles. The zero-order chi connectivity index (χ0) is 11.8. The van der Waals surface area contributed by atoms with Crippen LogP contribution in [0.25, 0.3) is 0 Å². The van der Waals surface area contributed by atoms with E-state index in [2.05, 4.69) is 19.2 Å². The van der Waals surface area contributed by atoms with Crippen molar-refractivity contribution in [2.24, 2.45) is 17.8 Å². The van der Waals surface area contributed by atoms with E-state index in [1.54, 1.807) is 0 Å². The predicted molar refractivity (Wildman–Crippen MR) is 69.6 cm³/mol. The molecule has 1 rings (SSSR count). The van der Waals surface area contributed by atoms with Gasteiger partial charge in [0.25, 0.3) is 0 Å². The van der Waals surface area contributed by atoms with Crippen LogP contribution in [0.3, 0.4) is 0 Å². The minimum absolute atomic E-state index is 0.785. The smallest absolute Gasteiger partial charge is 0.0493 e. The fourth-order valence-electron chi connectivity index (χ4n) is 2.95. The number of hydrogen-bond acceptors (Lipinski definition) is 2. The molecule has 3 atom stereocenters. The van der Waals surface area contributed by atoms with Crippen molar-refractivity contribution in [3.8, 4) is 0 Å². The van der Waals surface area contributed by atoms with E-state index in [-0.39, 0.29) is 0 Å². The second kappa shape index (κ2) is 8.08. The molecule has 0 spiro atoms. The standard InChI is InChI=1S/C14H29NO/c1-4-8-15-10-13-7-6-12(5-2)9-14(13)11-16-3/h12-15H,4-11H2,1-3H3. The molecule has 1 N–H and O–H groups in total. The molecule has 16 heavy (non-hydrogen) atoms. The highest BCUT2D eigenvalue weighted by atomic mass is 16.5. The van der Waals surface area contributed by atoms with Gasteiger partial charge in [0.15, 0.2) is 0 Å². The molecule has 0 heterocycles. The van der Waals surface area contributed by atoms with Crippen LogP contribution in [0.15, 0.2) is 0 Å². The molecule has 1 saturated carbocycles. The lowest BCUT2D eigenvalue weighted by Crippen LogP contribution is -2.35. The topological polar surface area (TPSA) is 21.3 Å². The van der Waals surface area contributed by atoms with Crippen LogP contribution in [0.2, 0.25) is 0 Å². The molecule has 2 heteroatoms. The molecule has 0 aromatic rings. The summed E-state index contributed by atoms with van der Waals surface area (Å²) in [4.78, 5) is 0. The zero-order valence-electron chi connectivity index (χ0n) is 11.3. The Kier molecular flexibility index (Phi) is 7.06. The highest BCUT2D eigenvalue weighted by molar-refractivity contribution is 4.81. The number of rotatable bonds is 7. The number of hydrogen-bond donors (Lipinski definition) is 1. The summed E-state index contributed by atoms with van der Waals surface area (Å²) in [6.07, 6.45) is 6.77. The van der Waals surface area contributed by atoms with Gasteiger partial charge in [-0.1, -0.05) is 26.7 Å². The van der Waals surface area contributed by atoms with Gasteiger partial charge in [-0.25, -0.2) is 0 Å². The highest BCUT2D eigenvalue weighted by Crippen LogP contribution is 2.35. The second-order valence-electron chi connectivity index (χ2n) is 5.27. The fourth-order valence-corrected chi connectivity index (χ4v) is 2.95. The Bertz CT molecular complexity index is 170. The molecule has 96 valence electrons. The maximum Gasteiger partial charge on any atom is 0.0493 e. The second-order valence-corrected chi connectivity index (χ2v) is 5.27. The van der Waals surface area contributed by atoms with Gasteiger partial charge in [-0.2, -0.15) is 0 Å². The van der Waals surface area contributed by atoms with Crippen molar-refractivity contribution in [2.45, 2.75) is 46.0 Å². The van der Waals surface area contributed by atoms with Gasteiger partial charge in [-0.05, 0) is 50.1 Å². The lowest BCUT2D eigenvalue weighted by atomic mass is 9.73. The summed E-state index contributed by atoms with van der Waals surface area (Å²) < 4.78 is 5.38. The van der Waals surface area contributed by atoms with Gasteiger partial charge in [0.05, 0.1) is 0 Å². The summed E-state index contributed by atoms with van der Waals surface area (Å²) in [5, 5.41) is 3.57. The Labute approximate surface area is 101 Å². The Hall–Kier alpha value is -0.0800. The molecule has 1 aliphatic rings. The monoisotopic (exact) mass is 227 g/mol. The highest BCUT2D eigenvalue weighted by Gasteiger charge is 2.29. The number of methoxy groups -OCH3 is 1. The van der Waals surface area contributed by atoms with E-state index in [1.807, 2.05) is 7.11 Å². The van der Waals surface area contributed by atoms with Crippen LogP contribution in [-0.2, 0) is 4.74 Å². The average Bonchev–Trinajstić information content (AvgIpc) is 2.31. The molecule has 2 nitrogen and oxygen atoms in total. The summed E-state index contributed by atoms with van der Waals surface area (Å²) in [5.74, 6) is 2.57. The van der Waals surface area contributed by atoms with Crippen LogP contribution < -0.4 is 5.32 Å². The third kappa shape index (κ3) is 4.42. The van der Waals surface area contributed by atoms with Crippen LogP contribution in [-0.4, -0.2) is 26.8 Å². The van der Waals surface area contributed by atoms with E-state index in [9.17, 15) is 0 Å². The average molecular weight is 227 g/mol. The van der Waals surface area contributed by atoms with Gasteiger partial charge < -0.3 is 10.1 Å². The van der Waals surface area contributed by atoms with E-state index >= 15 is 0 Å². The Balaban J connectivity index is 2.35. The lowest BCUT2D eigenvalue weighted by molar-refractivity contribution is 0.0725. The van der Waals surface area contributed by atoms with E-state index in [1.165, 1.54) is 38.6 Å². The van der Waals surface area contributed by atoms with Crippen molar-refractivity contribution in [3.63, 3.8) is 0 Å². The maximum absolute atomic E-state index is 5.38. The van der Waals surface area contributed by atoms with Crippen LogP contribution in [0.4, 0.5) is 0 Å². The van der Waals surface area contributed by atoms with E-state index in [0.29, 0.717) is 0 Å². The van der Waals surface area contributed by atoms with Crippen molar-refractivity contribution in [2.75, 3.05) is 26.8 Å². The normalized spacial score (nSPS) is 30.6. The quantitative estimate of drug-likeness (QED) is 0.675. The Morgan fingerprint density at radius 1 is 1.19 bits per heavy atom. The van der Waals surface area contributed by atoms with Crippen LogP contribution in [0, 0.1) is 17.8 Å². The molecule has 3 unspecified atom stereocenters. The molecule has 0 aromatic carbocycles. The fraction of sp³-hybridized carbons (Fsp3) is 1.00. The van der Waals surface area contributed by atoms with Gasteiger partial charge in [0, 0.05) is 13.7 Å². The molecule has 0 amide bonds. The lowest BCUT2D eigenvalue weighted by Gasteiger charge is -2.35. The summed E-state index contributed by atoms with van der Waals surface area (Å²) in [6, 6.07) is 0. The van der Waals surface area contributed by atoms with Crippen LogP contribution in [0.1, 0.15) is 46.0 Å². The molecule has 0 aromatic heterocycles. The van der Waals surface area contributed by atoms with Crippen molar-refractivity contribution in [1.29, 1.82) is 0 Å². The third-order valence-electron chi connectivity index (χ3n) is 4.04. The van der Waals surface area contributed by atoms with Gasteiger partial charge in [0.1, 0.15) is 0 Å². The first-order valence-electron chi connectivity index (χ1n) is 7.01. The van der Waals surface area contributed by atoms with Crippen molar-refractivity contribution in [1.82, 2.24) is 5.32 Å². The van der Waals surface area contributed by atoms with Crippen LogP contribution in [0.5, 0.6) is 0 Å².